The van der Waals surface area contributed by atoms with Crippen LogP contribution in [-0.4, -0.2) is 33.8 Å². The number of ether oxygens (including phenoxy) is 1. The van der Waals surface area contributed by atoms with E-state index >= 15 is 0 Å². The molecule has 0 spiro atoms. The number of thioether (sulfide) groups is 1. The summed E-state index contributed by atoms with van der Waals surface area (Å²) in [6.07, 6.45) is 0. The molecule has 0 amide bonds. The third-order valence-electron chi connectivity index (χ3n) is 2.65. The van der Waals surface area contributed by atoms with Crippen molar-refractivity contribution in [1.82, 2.24) is 4.98 Å². The molecule has 1 aromatic heterocycles. The lowest BCUT2D eigenvalue weighted by Crippen LogP contribution is -2.03. The molecule has 0 aliphatic carbocycles. The summed E-state index contributed by atoms with van der Waals surface area (Å²) in [7, 11) is 1.36. The van der Waals surface area contributed by atoms with E-state index in [0.717, 1.165) is 17.3 Å². The molecule has 1 heterocycles. The first-order valence-electron chi connectivity index (χ1n) is 5.53. The zero-order valence-corrected chi connectivity index (χ0v) is 11.3. The van der Waals surface area contributed by atoms with E-state index in [0.29, 0.717) is 16.5 Å². The molecule has 0 bridgehead atoms. The summed E-state index contributed by atoms with van der Waals surface area (Å²) >= 11 is 0.983. The number of rotatable bonds is 4. The molecule has 20 heavy (non-hydrogen) atoms. The summed E-state index contributed by atoms with van der Waals surface area (Å²) in [6.45, 7) is 0. The van der Waals surface area contributed by atoms with Gasteiger partial charge in [0.1, 0.15) is 5.56 Å². The third-order valence-corrected chi connectivity index (χ3v) is 3.23. The Morgan fingerprint density at radius 2 is 2.20 bits per heavy atom. The van der Waals surface area contributed by atoms with Gasteiger partial charge in [0.05, 0.1) is 23.2 Å². The van der Waals surface area contributed by atoms with Gasteiger partial charge in [0.15, 0.2) is 0 Å². The van der Waals surface area contributed by atoms with E-state index < -0.39 is 5.97 Å². The highest BCUT2D eigenvalue weighted by Gasteiger charge is 2.14. The molecule has 0 aliphatic heterocycles. The Morgan fingerprint density at radius 1 is 1.45 bits per heavy atom. The van der Waals surface area contributed by atoms with Crippen molar-refractivity contribution in [3.8, 4) is 5.88 Å². The van der Waals surface area contributed by atoms with Gasteiger partial charge in [-0.05, 0) is 12.1 Å². The molecule has 6 nitrogen and oxygen atoms in total. The molecule has 7 heteroatoms. The van der Waals surface area contributed by atoms with Crippen molar-refractivity contribution in [3.05, 3.63) is 35.4 Å². The Labute approximate surface area is 118 Å². The highest BCUT2D eigenvalue weighted by Crippen LogP contribution is 2.24. The second-order valence-corrected chi connectivity index (χ2v) is 4.70. The standard InChI is InChI=1S/C13H11N3O3S/c1-19-12-9(13(17)18)4-7-2-3-8(5-10(7)16-12)11(15)20-6-14/h2-6,14-15H,1H3,(H,17,18). The van der Waals surface area contributed by atoms with Crippen LogP contribution in [0.15, 0.2) is 24.3 Å². The Morgan fingerprint density at radius 3 is 2.80 bits per heavy atom. The maximum atomic E-state index is 11.1. The fourth-order valence-corrected chi connectivity index (χ4v) is 2.11. The maximum Gasteiger partial charge on any atom is 0.341 e. The summed E-state index contributed by atoms with van der Waals surface area (Å²) in [5.41, 5.74) is 2.23. The molecule has 0 unspecified atom stereocenters. The predicted octanol–water partition coefficient (Wildman–Crippen LogP) is 2.61. The molecular weight excluding hydrogens is 278 g/mol. The third kappa shape index (κ3) is 2.62. The Balaban J connectivity index is 2.58. The minimum Gasteiger partial charge on any atom is -0.480 e. The zero-order chi connectivity index (χ0) is 14.7. The summed E-state index contributed by atoms with van der Waals surface area (Å²) in [4.78, 5) is 15.3. The molecule has 0 radical (unpaired) electrons. The summed E-state index contributed by atoms with van der Waals surface area (Å²) < 4.78 is 4.98. The van der Waals surface area contributed by atoms with Gasteiger partial charge in [-0.3, -0.25) is 5.41 Å². The smallest absolute Gasteiger partial charge is 0.341 e. The van der Waals surface area contributed by atoms with Crippen LogP contribution in [0, 0.1) is 10.8 Å². The number of carboxylic acids is 1. The van der Waals surface area contributed by atoms with E-state index in [1.165, 1.54) is 13.2 Å². The van der Waals surface area contributed by atoms with Gasteiger partial charge in [-0.15, -0.1) is 0 Å². The average molecular weight is 289 g/mol. The van der Waals surface area contributed by atoms with Crippen molar-refractivity contribution in [2.24, 2.45) is 0 Å². The van der Waals surface area contributed by atoms with Gasteiger partial charge in [0.25, 0.3) is 0 Å². The summed E-state index contributed by atoms with van der Waals surface area (Å²) in [5.74, 6) is -1.07. The van der Waals surface area contributed by atoms with Gasteiger partial charge in [-0.2, -0.15) is 0 Å². The van der Waals surface area contributed by atoms with Crippen LogP contribution in [0.5, 0.6) is 5.88 Å². The number of carbonyl (C=O) groups is 1. The second-order valence-electron chi connectivity index (χ2n) is 3.82. The molecule has 0 aliphatic rings. The predicted molar refractivity (Wildman–Crippen MR) is 78.5 cm³/mol. The highest BCUT2D eigenvalue weighted by molar-refractivity contribution is 8.25. The van der Waals surface area contributed by atoms with Crippen LogP contribution in [0.25, 0.3) is 10.9 Å². The fourth-order valence-electron chi connectivity index (χ4n) is 1.73. The van der Waals surface area contributed by atoms with Crippen molar-refractivity contribution < 1.29 is 14.6 Å². The van der Waals surface area contributed by atoms with Gasteiger partial charge in [0.2, 0.25) is 5.88 Å². The molecule has 1 aromatic carbocycles. The lowest BCUT2D eigenvalue weighted by Gasteiger charge is -2.07. The van der Waals surface area contributed by atoms with Crippen LogP contribution in [0.3, 0.4) is 0 Å². The fraction of sp³-hybridized carbons (Fsp3) is 0.0769. The molecule has 0 saturated carbocycles. The quantitative estimate of drug-likeness (QED) is 0.592. The van der Waals surface area contributed by atoms with Gasteiger partial charge >= 0.3 is 5.97 Å². The molecule has 2 aromatic rings. The number of methoxy groups -OCH3 is 1. The number of aromatic carboxylic acids is 1. The number of pyridine rings is 1. The van der Waals surface area contributed by atoms with Crippen molar-refractivity contribution in [2.45, 2.75) is 0 Å². The topological polar surface area (TPSA) is 107 Å². The van der Waals surface area contributed by atoms with Crippen LogP contribution in [-0.2, 0) is 0 Å². The number of benzene rings is 1. The van der Waals surface area contributed by atoms with Crippen LogP contribution in [0.4, 0.5) is 0 Å². The number of hydrogen-bond acceptors (Lipinski definition) is 6. The normalized spacial score (nSPS) is 10.2. The van der Waals surface area contributed by atoms with Gasteiger partial charge in [0, 0.05) is 10.9 Å². The molecule has 2 rings (SSSR count). The molecule has 0 fully saturated rings. The summed E-state index contributed by atoms with van der Waals surface area (Å²) in [6, 6.07) is 6.55. The largest absolute Gasteiger partial charge is 0.480 e. The Hall–Kier alpha value is -2.41. The second kappa shape index (κ2) is 5.70. The minimum absolute atomic E-state index is 0.00306. The molecule has 102 valence electrons. The molecule has 0 atom stereocenters. The molecular formula is C13H11N3O3S. The van der Waals surface area contributed by atoms with Gasteiger partial charge in [-0.1, -0.05) is 23.9 Å². The van der Waals surface area contributed by atoms with Crippen molar-refractivity contribution >= 4 is 39.2 Å². The highest BCUT2D eigenvalue weighted by atomic mass is 32.2. The van der Waals surface area contributed by atoms with Crippen molar-refractivity contribution in [3.63, 3.8) is 0 Å². The number of fused-ring (bicyclic) bond motifs is 1. The number of nitrogens with zero attached hydrogens (tertiary/aromatic N) is 1. The Bertz CT molecular complexity index is 715. The van der Waals surface area contributed by atoms with E-state index in [1.54, 1.807) is 18.2 Å². The van der Waals surface area contributed by atoms with E-state index in [9.17, 15) is 4.79 Å². The molecule has 0 saturated heterocycles. The first kappa shape index (κ1) is 14.0. The maximum absolute atomic E-state index is 11.1. The van der Waals surface area contributed by atoms with Crippen molar-refractivity contribution in [2.75, 3.05) is 7.11 Å². The average Bonchev–Trinajstić information content (AvgIpc) is 2.45. The number of nitrogens with one attached hydrogen (secondary N) is 2. The van der Waals surface area contributed by atoms with Crippen LogP contribution >= 0.6 is 11.8 Å². The lowest BCUT2D eigenvalue weighted by atomic mass is 10.1. The number of carboxylic acid groups (broad SMARTS) is 1. The SMILES string of the molecule is COc1nc2cc(C(=N)SC=N)ccc2cc1C(=O)O. The zero-order valence-electron chi connectivity index (χ0n) is 10.5. The molecule has 3 N–H and O–H groups in total. The van der Waals surface area contributed by atoms with Crippen LogP contribution < -0.4 is 4.74 Å². The monoisotopic (exact) mass is 289 g/mol. The first-order valence-corrected chi connectivity index (χ1v) is 6.41. The van der Waals surface area contributed by atoms with E-state index in [-0.39, 0.29) is 16.5 Å². The lowest BCUT2D eigenvalue weighted by molar-refractivity contribution is 0.0692. The van der Waals surface area contributed by atoms with E-state index in [1.807, 2.05) is 0 Å². The summed E-state index contributed by atoms with van der Waals surface area (Å²) in [5, 5.41) is 24.7. The number of hydrogen-bond donors (Lipinski definition) is 3. The van der Waals surface area contributed by atoms with Gasteiger partial charge in [-0.25, -0.2) is 9.78 Å². The minimum atomic E-state index is -1.10. The van der Waals surface area contributed by atoms with E-state index in [2.05, 4.69) is 4.98 Å². The Kier molecular flexibility index (Phi) is 3.99. The van der Waals surface area contributed by atoms with Gasteiger partial charge < -0.3 is 15.3 Å². The van der Waals surface area contributed by atoms with Crippen molar-refractivity contribution in [1.29, 1.82) is 10.8 Å². The first-order chi connectivity index (χ1) is 9.56. The number of aromatic nitrogens is 1. The van der Waals surface area contributed by atoms with E-state index in [4.69, 9.17) is 20.7 Å². The van der Waals surface area contributed by atoms with Crippen LogP contribution in [0.2, 0.25) is 0 Å². The van der Waals surface area contributed by atoms with Crippen LogP contribution in [0.1, 0.15) is 15.9 Å².